The van der Waals surface area contributed by atoms with Gasteiger partial charge in [0, 0.05) is 6.54 Å². The highest BCUT2D eigenvalue weighted by Gasteiger charge is 2.33. The second-order valence-corrected chi connectivity index (χ2v) is 7.33. The molecular weight excluding hydrogens is 365 g/mol. The van der Waals surface area contributed by atoms with Gasteiger partial charge in [0.1, 0.15) is 11.9 Å². The fourth-order valence-electron chi connectivity index (χ4n) is 3.24. The number of amides is 2. The van der Waals surface area contributed by atoms with Crippen molar-refractivity contribution < 1.29 is 23.8 Å². The van der Waals surface area contributed by atoms with Crippen LogP contribution in [0.2, 0.25) is 0 Å². The van der Waals surface area contributed by atoms with Crippen LogP contribution in [0.15, 0.2) is 24.3 Å². The van der Waals surface area contributed by atoms with Crippen LogP contribution >= 0.6 is 0 Å². The van der Waals surface area contributed by atoms with Crippen molar-refractivity contribution in [2.45, 2.75) is 43.9 Å². The molecule has 3 atom stereocenters. The van der Waals surface area contributed by atoms with E-state index in [9.17, 15) is 19.1 Å². The summed E-state index contributed by atoms with van der Waals surface area (Å²) in [5.74, 6) is -1.22. The predicted octanol–water partition coefficient (Wildman–Crippen LogP) is 0.922. The van der Waals surface area contributed by atoms with Crippen molar-refractivity contribution in [3.8, 4) is 0 Å². The van der Waals surface area contributed by atoms with Gasteiger partial charge in [0.05, 0.1) is 30.7 Å². The standard InChI is InChI=1S/C20H30FN3O4/c1-24(2)11-5-10-22-19(26)12-14-8-9-17(18(13-25)28-14)23-20(27)15-6-3-4-7-16(15)21/h3-4,6-7,14,17-18,25H,5,8-13H2,1-2H3,(H,22,26)(H,23,27)/t14-,17-,18+/m0/s1. The molecule has 0 radical (unpaired) electrons. The van der Waals surface area contributed by atoms with Crippen LogP contribution in [0.5, 0.6) is 0 Å². The molecule has 28 heavy (non-hydrogen) atoms. The molecule has 1 fully saturated rings. The number of carbonyl (C=O) groups excluding carboxylic acids is 2. The van der Waals surface area contributed by atoms with Crippen LogP contribution in [-0.4, -0.2) is 73.9 Å². The molecule has 1 saturated heterocycles. The smallest absolute Gasteiger partial charge is 0.254 e. The van der Waals surface area contributed by atoms with Crippen molar-refractivity contribution in [1.82, 2.24) is 15.5 Å². The van der Waals surface area contributed by atoms with Gasteiger partial charge in [0.15, 0.2) is 0 Å². The number of carbonyl (C=O) groups is 2. The monoisotopic (exact) mass is 395 g/mol. The SMILES string of the molecule is CN(C)CCCNC(=O)C[C@@H]1CC[C@H](NC(=O)c2ccccc2F)[C@@H](CO)O1. The molecule has 0 bridgehead atoms. The molecule has 1 heterocycles. The Morgan fingerprint density at radius 1 is 1.29 bits per heavy atom. The maximum Gasteiger partial charge on any atom is 0.254 e. The number of nitrogens with zero attached hydrogens (tertiary/aromatic N) is 1. The lowest BCUT2D eigenvalue weighted by atomic mass is 9.96. The highest BCUT2D eigenvalue weighted by atomic mass is 19.1. The van der Waals surface area contributed by atoms with Crippen LogP contribution in [0, 0.1) is 5.82 Å². The number of nitrogens with one attached hydrogen (secondary N) is 2. The van der Waals surface area contributed by atoms with Gasteiger partial charge in [-0.3, -0.25) is 9.59 Å². The predicted molar refractivity (Wildman–Crippen MR) is 103 cm³/mol. The maximum absolute atomic E-state index is 13.8. The summed E-state index contributed by atoms with van der Waals surface area (Å²) in [7, 11) is 3.96. The van der Waals surface area contributed by atoms with Crippen molar-refractivity contribution in [2.24, 2.45) is 0 Å². The molecule has 1 aromatic carbocycles. The first-order valence-electron chi connectivity index (χ1n) is 9.63. The Morgan fingerprint density at radius 3 is 2.71 bits per heavy atom. The summed E-state index contributed by atoms with van der Waals surface area (Å²) in [6.07, 6.45) is 1.26. The van der Waals surface area contributed by atoms with E-state index in [0.717, 1.165) is 13.0 Å². The molecule has 7 nitrogen and oxygen atoms in total. The molecule has 1 aliphatic heterocycles. The number of ether oxygens (including phenoxy) is 1. The van der Waals surface area contributed by atoms with Crippen LogP contribution in [0.4, 0.5) is 4.39 Å². The minimum Gasteiger partial charge on any atom is -0.394 e. The van der Waals surface area contributed by atoms with Crippen molar-refractivity contribution >= 4 is 11.8 Å². The Kier molecular flexibility index (Phi) is 8.82. The molecule has 2 amide bonds. The summed E-state index contributed by atoms with van der Waals surface area (Å²) in [6.45, 7) is 1.22. The van der Waals surface area contributed by atoms with Gasteiger partial charge in [-0.1, -0.05) is 12.1 Å². The second kappa shape index (κ2) is 11.1. The molecule has 0 unspecified atom stereocenters. The zero-order valence-corrected chi connectivity index (χ0v) is 16.5. The summed E-state index contributed by atoms with van der Waals surface area (Å²) in [5, 5.41) is 15.2. The van der Waals surface area contributed by atoms with E-state index in [1.54, 1.807) is 6.07 Å². The van der Waals surface area contributed by atoms with Gasteiger partial charge in [0.2, 0.25) is 5.91 Å². The summed E-state index contributed by atoms with van der Waals surface area (Å²) in [5.41, 5.74) is -0.0431. The normalized spacial score (nSPS) is 22.1. The first-order valence-corrected chi connectivity index (χ1v) is 9.63. The van der Waals surface area contributed by atoms with Gasteiger partial charge in [-0.25, -0.2) is 4.39 Å². The molecule has 0 aromatic heterocycles. The molecule has 2 rings (SSSR count). The van der Waals surface area contributed by atoms with E-state index in [1.165, 1.54) is 18.2 Å². The number of aliphatic hydroxyl groups excluding tert-OH is 1. The Hall–Kier alpha value is -2.03. The molecule has 0 spiro atoms. The molecular formula is C20H30FN3O4. The lowest BCUT2D eigenvalue weighted by Gasteiger charge is -2.36. The molecule has 8 heteroatoms. The number of rotatable bonds is 9. The van der Waals surface area contributed by atoms with E-state index in [0.29, 0.717) is 19.4 Å². The van der Waals surface area contributed by atoms with Crippen LogP contribution in [0.1, 0.15) is 36.0 Å². The third kappa shape index (κ3) is 6.85. The van der Waals surface area contributed by atoms with Gasteiger partial charge in [0.25, 0.3) is 5.91 Å². The van der Waals surface area contributed by atoms with E-state index in [2.05, 4.69) is 15.5 Å². The first-order chi connectivity index (χ1) is 13.4. The minimum atomic E-state index is -0.629. The van der Waals surface area contributed by atoms with Crippen LogP contribution in [-0.2, 0) is 9.53 Å². The second-order valence-electron chi connectivity index (χ2n) is 7.33. The number of hydrogen-bond donors (Lipinski definition) is 3. The largest absolute Gasteiger partial charge is 0.394 e. The summed E-state index contributed by atoms with van der Waals surface area (Å²) in [4.78, 5) is 26.4. The summed E-state index contributed by atoms with van der Waals surface area (Å²) in [6, 6.07) is 5.31. The number of halogens is 1. The third-order valence-electron chi connectivity index (χ3n) is 4.75. The Balaban J connectivity index is 1.80. The Labute approximate surface area is 165 Å². The highest BCUT2D eigenvalue weighted by molar-refractivity contribution is 5.94. The van der Waals surface area contributed by atoms with E-state index >= 15 is 0 Å². The minimum absolute atomic E-state index is 0.0431. The quantitative estimate of drug-likeness (QED) is 0.541. The van der Waals surface area contributed by atoms with Gasteiger partial charge >= 0.3 is 0 Å². The fraction of sp³-hybridized carbons (Fsp3) is 0.600. The zero-order valence-electron chi connectivity index (χ0n) is 16.5. The van der Waals surface area contributed by atoms with E-state index in [1.807, 2.05) is 14.1 Å². The molecule has 1 aromatic rings. The highest BCUT2D eigenvalue weighted by Crippen LogP contribution is 2.22. The Bertz CT molecular complexity index is 656. The van der Waals surface area contributed by atoms with Gasteiger partial charge in [-0.2, -0.15) is 0 Å². The van der Waals surface area contributed by atoms with Gasteiger partial charge in [-0.05, 0) is 52.0 Å². The van der Waals surface area contributed by atoms with E-state index < -0.39 is 23.9 Å². The summed E-state index contributed by atoms with van der Waals surface area (Å²) >= 11 is 0. The number of benzene rings is 1. The van der Waals surface area contributed by atoms with E-state index in [-0.39, 0.29) is 30.6 Å². The van der Waals surface area contributed by atoms with Crippen LogP contribution in [0.25, 0.3) is 0 Å². The molecule has 156 valence electrons. The van der Waals surface area contributed by atoms with Crippen molar-refractivity contribution in [3.05, 3.63) is 35.6 Å². The van der Waals surface area contributed by atoms with Gasteiger partial charge in [-0.15, -0.1) is 0 Å². The third-order valence-corrected chi connectivity index (χ3v) is 4.75. The maximum atomic E-state index is 13.8. The number of aliphatic hydroxyl groups is 1. The fourth-order valence-corrected chi connectivity index (χ4v) is 3.24. The van der Waals surface area contributed by atoms with Gasteiger partial charge < -0.3 is 25.4 Å². The average molecular weight is 395 g/mol. The average Bonchev–Trinajstić information content (AvgIpc) is 2.66. The van der Waals surface area contributed by atoms with E-state index in [4.69, 9.17) is 4.74 Å². The van der Waals surface area contributed by atoms with Crippen LogP contribution in [0.3, 0.4) is 0 Å². The zero-order chi connectivity index (χ0) is 20.5. The topological polar surface area (TPSA) is 90.9 Å². The van der Waals surface area contributed by atoms with Crippen molar-refractivity contribution in [1.29, 1.82) is 0 Å². The first kappa shape index (κ1) is 22.3. The summed E-state index contributed by atoms with van der Waals surface area (Å²) < 4.78 is 19.6. The number of hydrogen-bond acceptors (Lipinski definition) is 5. The molecule has 0 aliphatic carbocycles. The lowest BCUT2D eigenvalue weighted by Crippen LogP contribution is -2.51. The lowest BCUT2D eigenvalue weighted by molar-refractivity contribution is -0.130. The Morgan fingerprint density at radius 2 is 2.04 bits per heavy atom. The molecule has 1 aliphatic rings. The van der Waals surface area contributed by atoms with Crippen LogP contribution < -0.4 is 10.6 Å². The molecule has 3 N–H and O–H groups in total. The molecule has 0 saturated carbocycles. The van der Waals surface area contributed by atoms with Crippen molar-refractivity contribution in [2.75, 3.05) is 33.8 Å². The van der Waals surface area contributed by atoms with Crippen molar-refractivity contribution in [3.63, 3.8) is 0 Å².